The molecule has 1 aliphatic carbocycles. The fraction of sp³-hybridized carbons (Fsp3) is 0.750. The second kappa shape index (κ2) is 6.41. The first-order valence-electron chi connectivity index (χ1n) is 8.52. The number of aromatic nitrogens is 3. The molecule has 8 heteroatoms. The van der Waals surface area contributed by atoms with E-state index in [2.05, 4.69) is 15.6 Å². The number of carbonyl (C=O) groups is 2. The van der Waals surface area contributed by atoms with Crippen LogP contribution in [0, 0.1) is 0 Å². The first-order chi connectivity index (χ1) is 11.3. The van der Waals surface area contributed by atoms with E-state index in [1.165, 1.54) is 0 Å². The molecule has 0 aromatic carbocycles. The molecule has 2 heterocycles. The van der Waals surface area contributed by atoms with Gasteiger partial charge >= 0.3 is 6.09 Å². The van der Waals surface area contributed by atoms with Crippen molar-refractivity contribution in [2.75, 3.05) is 13.1 Å². The van der Waals surface area contributed by atoms with E-state index in [-0.39, 0.29) is 18.0 Å². The highest BCUT2D eigenvalue weighted by atomic mass is 16.6. The largest absolute Gasteiger partial charge is 0.444 e. The molecule has 1 saturated carbocycles. The van der Waals surface area contributed by atoms with Gasteiger partial charge in [0.15, 0.2) is 5.69 Å². The van der Waals surface area contributed by atoms with Crippen molar-refractivity contribution in [1.29, 1.82) is 0 Å². The highest BCUT2D eigenvalue weighted by Gasteiger charge is 2.30. The molecule has 0 radical (unpaired) electrons. The number of hydrogen-bond acceptors (Lipinski definition) is 5. The van der Waals surface area contributed by atoms with Crippen LogP contribution in [0.2, 0.25) is 0 Å². The Hall–Kier alpha value is -2.12. The van der Waals surface area contributed by atoms with Crippen molar-refractivity contribution in [2.45, 2.75) is 64.1 Å². The summed E-state index contributed by atoms with van der Waals surface area (Å²) in [7, 11) is 0. The van der Waals surface area contributed by atoms with Gasteiger partial charge in [-0.15, -0.1) is 5.10 Å². The minimum atomic E-state index is -0.509. The van der Waals surface area contributed by atoms with Gasteiger partial charge in [0.1, 0.15) is 5.60 Å². The van der Waals surface area contributed by atoms with Crippen molar-refractivity contribution in [3.8, 4) is 0 Å². The molecule has 1 saturated heterocycles. The van der Waals surface area contributed by atoms with Gasteiger partial charge in [-0.3, -0.25) is 4.79 Å². The van der Waals surface area contributed by atoms with Crippen molar-refractivity contribution in [3.63, 3.8) is 0 Å². The predicted molar refractivity (Wildman–Crippen MR) is 86.6 cm³/mol. The standard InChI is InChI=1S/C16H25N5O3/c1-16(2,3)24-15(23)20-8-4-5-12(9-20)21-10-13(18-19-21)14(22)17-11-6-7-11/h10-12H,4-9H2,1-3H3,(H,17,22). The summed E-state index contributed by atoms with van der Waals surface area (Å²) in [6.07, 6.45) is 5.19. The number of nitrogens with one attached hydrogen (secondary N) is 1. The summed E-state index contributed by atoms with van der Waals surface area (Å²) in [6.45, 7) is 6.76. The van der Waals surface area contributed by atoms with Gasteiger partial charge in [0, 0.05) is 19.1 Å². The summed E-state index contributed by atoms with van der Waals surface area (Å²) in [6, 6.07) is 0.307. The Morgan fingerprint density at radius 2 is 2.04 bits per heavy atom. The summed E-state index contributed by atoms with van der Waals surface area (Å²) in [5.74, 6) is -0.177. The summed E-state index contributed by atoms with van der Waals surface area (Å²) in [5, 5.41) is 11.0. The number of amides is 2. The van der Waals surface area contributed by atoms with E-state index in [1.54, 1.807) is 15.8 Å². The average Bonchev–Trinajstić information content (AvgIpc) is 3.18. The molecule has 0 bridgehead atoms. The number of hydrogen-bond donors (Lipinski definition) is 1. The number of likely N-dealkylation sites (tertiary alicyclic amines) is 1. The quantitative estimate of drug-likeness (QED) is 0.909. The highest BCUT2D eigenvalue weighted by Crippen LogP contribution is 2.23. The van der Waals surface area contributed by atoms with Gasteiger partial charge in [-0.05, 0) is 46.5 Å². The minimum Gasteiger partial charge on any atom is -0.444 e. The van der Waals surface area contributed by atoms with E-state index >= 15 is 0 Å². The third-order valence-corrected chi connectivity index (χ3v) is 4.08. The molecule has 2 fully saturated rings. The monoisotopic (exact) mass is 335 g/mol. The van der Waals surface area contributed by atoms with Crippen LogP contribution in [0.1, 0.15) is 63.0 Å². The molecule has 1 aromatic rings. The van der Waals surface area contributed by atoms with E-state index in [1.807, 2.05) is 20.8 Å². The van der Waals surface area contributed by atoms with E-state index in [9.17, 15) is 9.59 Å². The van der Waals surface area contributed by atoms with Crippen molar-refractivity contribution >= 4 is 12.0 Å². The lowest BCUT2D eigenvalue weighted by Crippen LogP contribution is -2.43. The summed E-state index contributed by atoms with van der Waals surface area (Å²) >= 11 is 0. The molecule has 3 rings (SSSR count). The number of piperidine rings is 1. The maximum absolute atomic E-state index is 12.2. The SMILES string of the molecule is CC(C)(C)OC(=O)N1CCCC(n2cc(C(=O)NC3CC3)nn2)C1. The first-order valence-corrected chi connectivity index (χ1v) is 8.52. The van der Waals surface area contributed by atoms with Crippen LogP contribution in [0.15, 0.2) is 6.20 Å². The Labute approximate surface area is 141 Å². The molecule has 1 unspecified atom stereocenters. The van der Waals surface area contributed by atoms with E-state index in [4.69, 9.17) is 4.74 Å². The third-order valence-electron chi connectivity index (χ3n) is 4.08. The Morgan fingerprint density at radius 1 is 1.29 bits per heavy atom. The Bertz CT molecular complexity index is 617. The van der Waals surface area contributed by atoms with Gasteiger partial charge in [0.25, 0.3) is 5.91 Å². The Balaban J connectivity index is 1.61. The van der Waals surface area contributed by atoms with E-state index < -0.39 is 5.60 Å². The lowest BCUT2D eigenvalue weighted by Gasteiger charge is -2.33. The molecule has 8 nitrogen and oxygen atoms in total. The molecule has 132 valence electrons. The van der Waals surface area contributed by atoms with Gasteiger partial charge in [0.05, 0.1) is 12.2 Å². The molecule has 24 heavy (non-hydrogen) atoms. The number of carbonyl (C=O) groups excluding carboxylic acids is 2. The molecular weight excluding hydrogens is 310 g/mol. The van der Waals surface area contributed by atoms with Crippen molar-refractivity contribution in [1.82, 2.24) is 25.2 Å². The maximum Gasteiger partial charge on any atom is 0.410 e. The van der Waals surface area contributed by atoms with Crippen molar-refractivity contribution in [3.05, 3.63) is 11.9 Å². The zero-order valence-corrected chi connectivity index (χ0v) is 14.5. The number of rotatable bonds is 3. The van der Waals surface area contributed by atoms with Gasteiger partial charge in [0.2, 0.25) is 0 Å². The molecule has 0 spiro atoms. The summed E-state index contributed by atoms with van der Waals surface area (Å²) < 4.78 is 7.13. The van der Waals surface area contributed by atoms with Crippen LogP contribution in [0.25, 0.3) is 0 Å². The van der Waals surface area contributed by atoms with Crippen LogP contribution in [-0.2, 0) is 4.74 Å². The van der Waals surface area contributed by atoms with Gasteiger partial charge < -0.3 is 15.0 Å². The van der Waals surface area contributed by atoms with E-state index in [0.717, 1.165) is 25.7 Å². The lowest BCUT2D eigenvalue weighted by atomic mass is 10.1. The lowest BCUT2D eigenvalue weighted by molar-refractivity contribution is 0.0166. The first kappa shape index (κ1) is 16.7. The zero-order chi connectivity index (χ0) is 17.3. The summed E-state index contributed by atoms with van der Waals surface area (Å²) in [5.41, 5.74) is -0.179. The molecule has 1 aromatic heterocycles. The van der Waals surface area contributed by atoms with Crippen LogP contribution in [0.3, 0.4) is 0 Å². The second-order valence-corrected chi connectivity index (χ2v) is 7.55. The van der Waals surface area contributed by atoms with Crippen LogP contribution in [-0.4, -0.2) is 56.6 Å². The molecule has 2 aliphatic rings. The maximum atomic E-state index is 12.2. The average molecular weight is 335 g/mol. The molecule has 1 aliphatic heterocycles. The molecule has 1 N–H and O–H groups in total. The highest BCUT2D eigenvalue weighted by molar-refractivity contribution is 5.92. The molecular formula is C16H25N5O3. The van der Waals surface area contributed by atoms with Crippen LogP contribution < -0.4 is 5.32 Å². The molecule has 2 amide bonds. The Morgan fingerprint density at radius 3 is 2.71 bits per heavy atom. The zero-order valence-electron chi connectivity index (χ0n) is 14.5. The van der Waals surface area contributed by atoms with Crippen molar-refractivity contribution < 1.29 is 14.3 Å². The predicted octanol–water partition coefficient (Wildman–Crippen LogP) is 1.74. The van der Waals surface area contributed by atoms with Crippen LogP contribution in [0.4, 0.5) is 4.79 Å². The fourth-order valence-electron chi connectivity index (χ4n) is 2.71. The normalized spacial score (nSPS) is 21.5. The van der Waals surface area contributed by atoms with E-state index in [0.29, 0.717) is 24.8 Å². The van der Waals surface area contributed by atoms with Gasteiger partial charge in [-0.25, -0.2) is 9.48 Å². The van der Waals surface area contributed by atoms with Gasteiger partial charge in [-0.2, -0.15) is 0 Å². The summed E-state index contributed by atoms with van der Waals surface area (Å²) in [4.78, 5) is 25.9. The van der Waals surface area contributed by atoms with Crippen LogP contribution >= 0.6 is 0 Å². The topological polar surface area (TPSA) is 89.4 Å². The third kappa shape index (κ3) is 4.24. The number of ether oxygens (including phenoxy) is 1. The number of nitrogens with zero attached hydrogens (tertiary/aromatic N) is 4. The Kier molecular flexibility index (Phi) is 4.47. The van der Waals surface area contributed by atoms with Crippen molar-refractivity contribution in [2.24, 2.45) is 0 Å². The smallest absolute Gasteiger partial charge is 0.410 e. The van der Waals surface area contributed by atoms with Gasteiger partial charge in [-0.1, -0.05) is 5.21 Å². The fourth-order valence-corrected chi connectivity index (χ4v) is 2.71. The second-order valence-electron chi connectivity index (χ2n) is 7.55. The minimum absolute atomic E-state index is 0.0150. The molecule has 1 atom stereocenters. The van der Waals surface area contributed by atoms with Crippen LogP contribution in [0.5, 0.6) is 0 Å².